The predicted molar refractivity (Wildman–Crippen MR) is 130 cm³/mol. The summed E-state index contributed by atoms with van der Waals surface area (Å²) in [7, 11) is 0. The maximum absolute atomic E-state index is 12.8. The van der Waals surface area contributed by atoms with E-state index in [0.717, 1.165) is 22.3 Å². The van der Waals surface area contributed by atoms with Crippen molar-refractivity contribution in [2.75, 3.05) is 6.61 Å². The number of aliphatic carboxylic acids is 1. The summed E-state index contributed by atoms with van der Waals surface area (Å²) in [5.41, 5.74) is 4.44. The SMILES string of the molecule is C=CCCC(NC(=O)OCC1c2ccccc2-c2ccccc21)C(=O)NC(CC(C)C)C(=O)O. The van der Waals surface area contributed by atoms with Gasteiger partial charge in [-0.1, -0.05) is 68.5 Å². The number of allylic oxidation sites excluding steroid dienone is 1. The highest BCUT2D eigenvalue weighted by Gasteiger charge is 2.30. The molecule has 3 rings (SSSR count). The molecular formula is C27H32N2O5. The first kappa shape index (κ1) is 25.0. The van der Waals surface area contributed by atoms with E-state index in [2.05, 4.69) is 29.3 Å². The first-order chi connectivity index (χ1) is 16.3. The Labute approximate surface area is 200 Å². The third-order valence-electron chi connectivity index (χ3n) is 5.93. The van der Waals surface area contributed by atoms with E-state index < -0.39 is 30.1 Å². The number of hydrogen-bond acceptors (Lipinski definition) is 4. The van der Waals surface area contributed by atoms with Crippen LogP contribution in [0.15, 0.2) is 61.2 Å². The fourth-order valence-corrected chi connectivity index (χ4v) is 4.30. The molecule has 2 amide bonds. The molecule has 0 saturated heterocycles. The fraction of sp³-hybridized carbons (Fsp3) is 0.370. The molecule has 2 unspecified atom stereocenters. The van der Waals surface area contributed by atoms with Crippen molar-refractivity contribution >= 4 is 18.0 Å². The summed E-state index contributed by atoms with van der Waals surface area (Å²) in [6.07, 6.45) is 1.97. The van der Waals surface area contributed by atoms with Gasteiger partial charge < -0.3 is 20.5 Å². The molecule has 0 radical (unpaired) electrons. The standard InChI is InChI=1S/C27H32N2O5/c1-4-5-14-23(25(30)28-24(26(31)32)15-17(2)3)29-27(33)34-16-22-20-12-8-6-10-18(20)19-11-7-9-13-21(19)22/h4,6-13,17,22-24H,1,5,14-16H2,2-3H3,(H,28,30)(H,29,33)(H,31,32). The molecule has 1 aliphatic carbocycles. The van der Waals surface area contributed by atoms with Crippen molar-refractivity contribution in [1.82, 2.24) is 10.6 Å². The van der Waals surface area contributed by atoms with Crippen LogP contribution in [-0.4, -0.2) is 41.8 Å². The largest absolute Gasteiger partial charge is 0.480 e. The van der Waals surface area contributed by atoms with Crippen LogP contribution in [-0.2, 0) is 14.3 Å². The van der Waals surface area contributed by atoms with E-state index in [1.807, 2.05) is 50.2 Å². The van der Waals surface area contributed by atoms with Crippen molar-refractivity contribution in [2.24, 2.45) is 5.92 Å². The highest BCUT2D eigenvalue weighted by molar-refractivity contribution is 5.89. The summed E-state index contributed by atoms with van der Waals surface area (Å²) in [6.45, 7) is 7.55. The van der Waals surface area contributed by atoms with Crippen LogP contribution in [0.1, 0.15) is 50.2 Å². The molecule has 180 valence electrons. The van der Waals surface area contributed by atoms with Gasteiger partial charge in [0.1, 0.15) is 18.7 Å². The average Bonchev–Trinajstić information content (AvgIpc) is 3.13. The summed E-state index contributed by atoms with van der Waals surface area (Å²) in [5, 5.41) is 14.6. The number of carbonyl (C=O) groups excluding carboxylic acids is 2. The molecular weight excluding hydrogens is 432 g/mol. The van der Waals surface area contributed by atoms with Gasteiger partial charge in [-0.2, -0.15) is 0 Å². The molecule has 0 spiro atoms. The molecule has 34 heavy (non-hydrogen) atoms. The van der Waals surface area contributed by atoms with Crippen LogP contribution < -0.4 is 10.6 Å². The smallest absolute Gasteiger partial charge is 0.407 e. The fourth-order valence-electron chi connectivity index (χ4n) is 4.30. The summed E-state index contributed by atoms with van der Waals surface area (Å²) in [4.78, 5) is 37.0. The lowest BCUT2D eigenvalue weighted by molar-refractivity contribution is -0.142. The Kier molecular flexibility index (Phi) is 8.46. The number of benzene rings is 2. The van der Waals surface area contributed by atoms with Crippen molar-refractivity contribution in [3.63, 3.8) is 0 Å². The van der Waals surface area contributed by atoms with Gasteiger partial charge in [0.05, 0.1) is 0 Å². The number of fused-ring (bicyclic) bond motifs is 3. The Morgan fingerprint density at radius 2 is 1.59 bits per heavy atom. The number of amides is 2. The lowest BCUT2D eigenvalue weighted by Crippen LogP contribution is -2.52. The van der Waals surface area contributed by atoms with Crippen LogP contribution in [0.4, 0.5) is 4.79 Å². The predicted octanol–water partition coefficient (Wildman–Crippen LogP) is 4.48. The number of rotatable bonds is 11. The first-order valence-corrected chi connectivity index (χ1v) is 11.6. The van der Waals surface area contributed by atoms with Gasteiger partial charge in [-0.15, -0.1) is 6.58 Å². The number of carbonyl (C=O) groups is 3. The Morgan fingerprint density at radius 1 is 1.00 bits per heavy atom. The summed E-state index contributed by atoms with van der Waals surface area (Å²) >= 11 is 0. The Balaban J connectivity index is 1.65. The second-order valence-corrected chi connectivity index (χ2v) is 8.92. The molecule has 2 aromatic carbocycles. The van der Waals surface area contributed by atoms with E-state index in [-0.39, 0.29) is 24.9 Å². The number of ether oxygens (including phenoxy) is 1. The van der Waals surface area contributed by atoms with Crippen LogP contribution in [0.3, 0.4) is 0 Å². The van der Waals surface area contributed by atoms with Gasteiger partial charge in [-0.05, 0) is 47.4 Å². The second-order valence-electron chi connectivity index (χ2n) is 8.92. The van der Waals surface area contributed by atoms with E-state index >= 15 is 0 Å². The zero-order valence-corrected chi connectivity index (χ0v) is 19.6. The monoisotopic (exact) mass is 464 g/mol. The molecule has 7 heteroatoms. The zero-order valence-electron chi connectivity index (χ0n) is 19.6. The van der Waals surface area contributed by atoms with E-state index in [9.17, 15) is 19.5 Å². The number of carboxylic acid groups (broad SMARTS) is 1. The normalized spacial score (nSPS) is 14.0. The second kappa shape index (κ2) is 11.5. The third kappa shape index (κ3) is 6.04. The molecule has 0 saturated carbocycles. The van der Waals surface area contributed by atoms with Gasteiger partial charge in [0, 0.05) is 5.92 Å². The Bertz CT molecular complexity index is 1000. The van der Waals surface area contributed by atoms with Crippen molar-refractivity contribution < 1.29 is 24.2 Å². The lowest BCUT2D eigenvalue weighted by atomic mass is 9.98. The van der Waals surface area contributed by atoms with Crippen molar-refractivity contribution in [3.05, 3.63) is 72.3 Å². The summed E-state index contributed by atoms with van der Waals surface area (Å²) in [5.74, 6) is -1.67. The molecule has 2 aromatic rings. The summed E-state index contributed by atoms with van der Waals surface area (Å²) in [6, 6.07) is 14.1. The van der Waals surface area contributed by atoms with Crippen molar-refractivity contribution in [2.45, 2.75) is 51.1 Å². The molecule has 1 aliphatic rings. The Morgan fingerprint density at radius 3 is 2.12 bits per heavy atom. The quantitative estimate of drug-likeness (QED) is 0.426. The maximum Gasteiger partial charge on any atom is 0.407 e. The van der Waals surface area contributed by atoms with Crippen LogP contribution in [0.25, 0.3) is 11.1 Å². The zero-order chi connectivity index (χ0) is 24.7. The van der Waals surface area contributed by atoms with Gasteiger partial charge in [0.15, 0.2) is 0 Å². The van der Waals surface area contributed by atoms with Crippen LogP contribution in [0.2, 0.25) is 0 Å². The first-order valence-electron chi connectivity index (χ1n) is 11.6. The van der Waals surface area contributed by atoms with Gasteiger partial charge in [0.2, 0.25) is 5.91 Å². The topological polar surface area (TPSA) is 105 Å². The van der Waals surface area contributed by atoms with E-state index in [1.54, 1.807) is 6.08 Å². The van der Waals surface area contributed by atoms with E-state index in [4.69, 9.17) is 4.74 Å². The number of nitrogens with one attached hydrogen (secondary N) is 2. The minimum absolute atomic E-state index is 0.0862. The molecule has 0 heterocycles. The van der Waals surface area contributed by atoms with Crippen LogP contribution in [0.5, 0.6) is 0 Å². The molecule has 0 bridgehead atoms. The number of hydrogen-bond donors (Lipinski definition) is 3. The van der Waals surface area contributed by atoms with Crippen molar-refractivity contribution in [3.8, 4) is 11.1 Å². The summed E-state index contributed by atoms with van der Waals surface area (Å²) < 4.78 is 5.55. The molecule has 0 fully saturated rings. The minimum atomic E-state index is -1.11. The lowest BCUT2D eigenvalue weighted by Gasteiger charge is -2.22. The molecule has 3 N–H and O–H groups in total. The van der Waals surface area contributed by atoms with Crippen LogP contribution in [0, 0.1) is 5.92 Å². The van der Waals surface area contributed by atoms with Gasteiger partial charge in [-0.25, -0.2) is 9.59 Å². The number of carboxylic acids is 1. The van der Waals surface area contributed by atoms with Gasteiger partial charge in [-0.3, -0.25) is 4.79 Å². The number of alkyl carbamates (subject to hydrolysis) is 1. The van der Waals surface area contributed by atoms with Gasteiger partial charge in [0.25, 0.3) is 0 Å². The third-order valence-corrected chi connectivity index (χ3v) is 5.93. The molecule has 2 atom stereocenters. The highest BCUT2D eigenvalue weighted by atomic mass is 16.5. The average molecular weight is 465 g/mol. The maximum atomic E-state index is 12.8. The van der Waals surface area contributed by atoms with Crippen molar-refractivity contribution in [1.29, 1.82) is 0 Å². The molecule has 0 aliphatic heterocycles. The van der Waals surface area contributed by atoms with Gasteiger partial charge >= 0.3 is 12.1 Å². The van der Waals surface area contributed by atoms with E-state index in [0.29, 0.717) is 12.8 Å². The highest BCUT2D eigenvalue weighted by Crippen LogP contribution is 2.44. The molecule has 0 aromatic heterocycles. The van der Waals surface area contributed by atoms with E-state index in [1.165, 1.54) is 0 Å². The van der Waals surface area contributed by atoms with Crippen LogP contribution >= 0.6 is 0 Å². The minimum Gasteiger partial charge on any atom is -0.480 e. The molecule has 7 nitrogen and oxygen atoms in total. The Hall–Kier alpha value is -3.61.